The largest absolute Gasteiger partial charge is 0.448 e. The first-order chi connectivity index (χ1) is 6.24. The molecule has 0 N–H and O–H groups in total. The minimum atomic E-state index is -0.408. The Bertz CT molecular complexity index is 166. The number of hydrogen-bond donors (Lipinski definition) is 0. The third kappa shape index (κ3) is 3.22. The summed E-state index contributed by atoms with van der Waals surface area (Å²) in [6.07, 6.45) is 4.28. The molecule has 0 aromatic rings. The van der Waals surface area contributed by atoms with Gasteiger partial charge in [0, 0.05) is 7.05 Å². The molecule has 1 rings (SSSR count). The first-order valence-corrected chi connectivity index (χ1v) is 4.81. The number of rotatable bonds is 3. The van der Waals surface area contributed by atoms with E-state index in [4.69, 9.17) is 9.57 Å². The molecule has 0 spiro atoms. The van der Waals surface area contributed by atoms with E-state index in [1.807, 2.05) is 0 Å². The van der Waals surface area contributed by atoms with Crippen LogP contribution in [0.15, 0.2) is 0 Å². The molecule has 0 unspecified atom stereocenters. The molecule has 76 valence electrons. The smallest absolute Gasteiger partial charge is 0.433 e. The zero-order valence-corrected chi connectivity index (χ0v) is 8.28. The summed E-state index contributed by atoms with van der Waals surface area (Å²) in [5, 5.41) is 1.19. The van der Waals surface area contributed by atoms with Crippen molar-refractivity contribution in [2.24, 2.45) is 0 Å². The van der Waals surface area contributed by atoms with Crippen LogP contribution in [0, 0.1) is 0 Å². The van der Waals surface area contributed by atoms with Crippen LogP contribution in [0.2, 0.25) is 0 Å². The topological polar surface area (TPSA) is 38.8 Å². The molecular weight excluding hydrogens is 170 g/mol. The highest BCUT2D eigenvalue weighted by Crippen LogP contribution is 2.21. The molecule has 0 saturated heterocycles. The van der Waals surface area contributed by atoms with Crippen molar-refractivity contribution < 1.29 is 14.4 Å². The van der Waals surface area contributed by atoms with Gasteiger partial charge in [0.05, 0.1) is 12.7 Å². The van der Waals surface area contributed by atoms with Crippen LogP contribution in [0.3, 0.4) is 0 Å². The predicted molar refractivity (Wildman–Crippen MR) is 48.1 cm³/mol. The van der Waals surface area contributed by atoms with Crippen molar-refractivity contribution >= 4 is 6.09 Å². The minimum Gasteiger partial charge on any atom is -0.448 e. The van der Waals surface area contributed by atoms with E-state index in [-0.39, 0.29) is 6.10 Å². The van der Waals surface area contributed by atoms with E-state index in [1.54, 1.807) is 14.0 Å². The zero-order valence-electron chi connectivity index (χ0n) is 8.28. The molecule has 1 amide bonds. The highest BCUT2D eigenvalue weighted by Gasteiger charge is 2.20. The number of hydroxylamine groups is 2. The van der Waals surface area contributed by atoms with Crippen molar-refractivity contribution in [1.29, 1.82) is 0 Å². The molecule has 0 atom stereocenters. The van der Waals surface area contributed by atoms with Crippen molar-refractivity contribution in [3.63, 3.8) is 0 Å². The molecule has 0 bridgehead atoms. The lowest BCUT2D eigenvalue weighted by Gasteiger charge is -2.19. The summed E-state index contributed by atoms with van der Waals surface area (Å²) < 4.78 is 4.78. The van der Waals surface area contributed by atoms with Gasteiger partial charge in [-0.15, -0.1) is 0 Å². The highest BCUT2D eigenvalue weighted by atomic mass is 16.7. The predicted octanol–water partition coefficient (Wildman–Crippen LogP) is 1.95. The lowest BCUT2D eigenvalue weighted by molar-refractivity contribution is -0.156. The molecule has 4 heteroatoms. The average Bonchev–Trinajstić information content (AvgIpc) is 2.57. The summed E-state index contributed by atoms with van der Waals surface area (Å²) in [7, 11) is 1.59. The third-order valence-electron chi connectivity index (χ3n) is 2.13. The number of nitrogens with zero attached hydrogens (tertiary/aromatic N) is 1. The molecule has 0 heterocycles. The number of carbonyl (C=O) groups is 1. The Morgan fingerprint density at radius 2 is 2.08 bits per heavy atom. The lowest BCUT2D eigenvalue weighted by atomic mass is 10.3. The van der Waals surface area contributed by atoms with Crippen molar-refractivity contribution in [2.75, 3.05) is 13.7 Å². The van der Waals surface area contributed by atoms with Gasteiger partial charge in [-0.2, -0.15) is 5.06 Å². The van der Waals surface area contributed by atoms with Gasteiger partial charge in [0.2, 0.25) is 0 Å². The molecule has 1 saturated carbocycles. The van der Waals surface area contributed by atoms with Crippen LogP contribution in [-0.4, -0.2) is 30.9 Å². The summed E-state index contributed by atoms with van der Waals surface area (Å²) >= 11 is 0. The van der Waals surface area contributed by atoms with E-state index in [2.05, 4.69) is 0 Å². The van der Waals surface area contributed by atoms with Crippen molar-refractivity contribution in [3.8, 4) is 0 Å². The van der Waals surface area contributed by atoms with Crippen molar-refractivity contribution in [2.45, 2.75) is 38.7 Å². The fraction of sp³-hybridized carbons (Fsp3) is 0.889. The second-order valence-corrected chi connectivity index (χ2v) is 3.21. The lowest BCUT2D eigenvalue weighted by Crippen LogP contribution is -2.31. The van der Waals surface area contributed by atoms with Gasteiger partial charge in [-0.05, 0) is 19.8 Å². The van der Waals surface area contributed by atoms with E-state index in [9.17, 15) is 4.79 Å². The van der Waals surface area contributed by atoms with Gasteiger partial charge in [0.25, 0.3) is 0 Å². The molecule has 1 aliphatic rings. The van der Waals surface area contributed by atoms with Crippen LogP contribution < -0.4 is 0 Å². The number of amides is 1. The fourth-order valence-electron chi connectivity index (χ4n) is 1.47. The summed E-state index contributed by atoms with van der Waals surface area (Å²) in [5.74, 6) is 0. The van der Waals surface area contributed by atoms with E-state index in [0.29, 0.717) is 6.61 Å². The summed E-state index contributed by atoms with van der Waals surface area (Å²) in [6, 6.07) is 0. The van der Waals surface area contributed by atoms with Crippen LogP contribution in [-0.2, 0) is 9.57 Å². The number of ether oxygens (including phenoxy) is 1. The Hall–Kier alpha value is -0.770. The molecule has 13 heavy (non-hydrogen) atoms. The maximum absolute atomic E-state index is 11.1. The van der Waals surface area contributed by atoms with Crippen molar-refractivity contribution in [3.05, 3.63) is 0 Å². The van der Waals surface area contributed by atoms with Crippen LogP contribution in [0.25, 0.3) is 0 Å². The number of carbonyl (C=O) groups excluding carboxylic acids is 1. The SMILES string of the molecule is CCOC(=O)N(C)OC1CCCC1. The fourth-order valence-corrected chi connectivity index (χ4v) is 1.47. The molecule has 0 aliphatic heterocycles. The first kappa shape index (κ1) is 10.3. The van der Waals surface area contributed by atoms with E-state index in [1.165, 1.54) is 17.9 Å². The Morgan fingerprint density at radius 1 is 1.46 bits per heavy atom. The van der Waals surface area contributed by atoms with Crippen LogP contribution >= 0.6 is 0 Å². The summed E-state index contributed by atoms with van der Waals surface area (Å²) in [4.78, 5) is 16.5. The maximum Gasteiger partial charge on any atom is 0.433 e. The third-order valence-corrected chi connectivity index (χ3v) is 2.13. The Balaban J connectivity index is 2.22. The monoisotopic (exact) mass is 187 g/mol. The van der Waals surface area contributed by atoms with E-state index in [0.717, 1.165) is 12.8 Å². The molecule has 4 nitrogen and oxygen atoms in total. The normalized spacial score (nSPS) is 17.4. The Kier molecular flexibility index (Phi) is 4.02. The van der Waals surface area contributed by atoms with Crippen LogP contribution in [0.5, 0.6) is 0 Å². The summed E-state index contributed by atoms with van der Waals surface area (Å²) in [6.45, 7) is 2.17. The van der Waals surface area contributed by atoms with E-state index < -0.39 is 6.09 Å². The molecule has 0 aromatic heterocycles. The Morgan fingerprint density at radius 3 is 2.62 bits per heavy atom. The first-order valence-electron chi connectivity index (χ1n) is 4.81. The van der Waals surface area contributed by atoms with Gasteiger partial charge < -0.3 is 4.74 Å². The van der Waals surface area contributed by atoms with E-state index >= 15 is 0 Å². The second kappa shape index (κ2) is 5.07. The minimum absolute atomic E-state index is 0.203. The van der Waals surface area contributed by atoms with Gasteiger partial charge in [-0.1, -0.05) is 12.8 Å². The maximum atomic E-state index is 11.1. The molecule has 0 radical (unpaired) electrons. The van der Waals surface area contributed by atoms with Gasteiger partial charge in [-0.25, -0.2) is 4.79 Å². The van der Waals surface area contributed by atoms with Crippen molar-refractivity contribution in [1.82, 2.24) is 5.06 Å². The molecular formula is C9H17NO3. The van der Waals surface area contributed by atoms with Gasteiger partial charge in [0.1, 0.15) is 0 Å². The Labute approximate surface area is 78.8 Å². The van der Waals surface area contributed by atoms with Gasteiger partial charge in [0.15, 0.2) is 0 Å². The average molecular weight is 187 g/mol. The zero-order chi connectivity index (χ0) is 9.68. The second-order valence-electron chi connectivity index (χ2n) is 3.21. The molecule has 0 aromatic carbocycles. The van der Waals surface area contributed by atoms with Gasteiger partial charge in [-0.3, -0.25) is 4.84 Å². The standard InChI is InChI=1S/C9H17NO3/c1-3-12-9(11)10(2)13-8-6-4-5-7-8/h8H,3-7H2,1-2H3. The highest BCUT2D eigenvalue weighted by molar-refractivity contribution is 5.65. The summed E-state index contributed by atoms with van der Waals surface area (Å²) in [5.41, 5.74) is 0. The van der Waals surface area contributed by atoms with Crippen LogP contribution in [0.4, 0.5) is 4.79 Å². The van der Waals surface area contributed by atoms with Crippen LogP contribution in [0.1, 0.15) is 32.6 Å². The van der Waals surface area contributed by atoms with Gasteiger partial charge >= 0.3 is 6.09 Å². The quantitative estimate of drug-likeness (QED) is 0.634. The number of hydrogen-bond acceptors (Lipinski definition) is 3. The molecule has 1 fully saturated rings. The molecule has 1 aliphatic carbocycles.